The summed E-state index contributed by atoms with van der Waals surface area (Å²) in [5, 5.41) is 4.73. The third-order valence-corrected chi connectivity index (χ3v) is 11.6. The highest BCUT2D eigenvalue weighted by atomic mass is 15.1. The van der Waals surface area contributed by atoms with E-state index in [4.69, 9.17) is 9.97 Å². The van der Waals surface area contributed by atoms with Gasteiger partial charge in [0.1, 0.15) is 11.6 Å². The summed E-state index contributed by atoms with van der Waals surface area (Å²) in [4.78, 5) is 20.4. The van der Waals surface area contributed by atoms with Crippen LogP contribution in [0.3, 0.4) is 0 Å². The Morgan fingerprint density at radius 1 is 0.460 bits per heavy atom. The Kier molecular flexibility index (Phi) is 7.21. The van der Waals surface area contributed by atoms with E-state index in [1.165, 1.54) is 102 Å². The fourth-order valence-electron chi connectivity index (χ4n) is 9.25. The van der Waals surface area contributed by atoms with Crippen molar-refractivity contribution in [2.45, 2.75) is 76.0 Å². The number of rotatable bonds is 5. The lowest BCUT2D eigenvalue weighted by Gasteiger charge is -2.29. The first kappa shape index (κ1) is 29.5. The average Bonchev–Trinajstić information content (AvgIpc) is 3.71. The Morgan fingerprint density at radius 2 is 0.920 bits per heavy atom. The Hall–Kier alpha value is -5.36. The van der Waals surface area contributed by atoms with Crippen molar-refractivity contribution in [2.24, 2.45) is 0 Å². The summed E-state index contributed by atoms with van der Waals surface area (Å²) >= 11 is 0. The number of nitrogens with zero attached hydrogens (tertiary/aromatic N) is 6. The van der Waals surface area contributed by atoms with Gasteiger partial charge in [0.05, 0.1) is 34.5 Å². The largest absolute Gasteiger partial charge is 0.292 e. The Bertz CT molecular complexity index is 2250. The lowest BCUT2D eigenvalue weighted by molar-refractivity contribution is 0.436. The van der Waals surface area contributed by atoms with E-state index in [1.807, 2.05) is 24.8 Å². The summed E-state index contributed by atoms with van der Waals surface area (Å²) in [5.74, 6) is 3.57. The van der Waals surface area contributed by atoms with Crippen LogP contribution in [0, 0.1) is 0 Å². The molecule has 8 aromatic rings. The minimum atomic E-state index is 0.521. The van der Waals surface area contributed by atoms with Crippen molar-refractivity contribution in [1.82, 2.24) is 29.1 Å². The van der Waals surface area contributed by atoms with Gasteiger partial charge < -0.3 is 0 Å². The smallest absolute Gasteiger partial charge is 0.164 e. The van der Waals surface area contributed by atoms with Gasteiger partial charge in [-0.05, 0) is 72.9 Å². The van der Waals surface area contributed by atoms with Crippen molar-refractivity contribution in [2.75, 3.05) is 0 Å². The van der Waals surface area contributed by atoms with Crippen LogP contribution in [0.1, 0.15) is 87.2 Å². The van der Waals surface area contributed by atoms with Crippen molar-refractivity contribution in [1.29, 1.82) is 0 Å². The standard InChI is InChI=1S/C44H40N6/c1-3-12-29(13-4-1)31-18-11-19-32(30-14-5-2-6-15-30)43(31)44-47-41(49-37-20-9-7-16-33(37)35-22-24-45-27-39(35)49)26-42(48-44)50-38-21-10-8-17-34(38)36-23-25-46-28-40(36)50/h7-11,16-30H,1-6,12-15H2. The molecule has 2 aliphatic carbocycles. The predicted octanol–water partition coefficient (Wildman–Crippen LogP) is 11.2. The molecule has 5 aromatic heterocycles. The van der Waals surface area contributed by atoms with Gasteiger partial charge in [0.2, 0.25) is 0 Å². The maximum absolute atomic E-state index is 5.62. The van der Waals surface area contributed by atoms with Gasteiger partial charge in [-0.2, -0.15) is 0 Å². The summed E-state index contributed by atoms with van der Waals surface area (Å²) in [6, 6.07) is 30.8. The van der Waals surface area contributed by atoms with Crippen LogP contribution >= 0.6 is 0 Å². The molecule has 10 rings (SSSR count). The van der Waals surface area contributed by atoms with Crippen LogP contribution in [0.4, 0.5) is 0 Å². The third kappa shape index (κ3) is 4.76. The highest BCUT2D eigenvalue weighted by molar-refractivity contribution is 6.10. The molecule has 50 heavy (non-hydrogen) atoms. The molecule has 2 saturated carbocycles. The van der Waals surface area contributed by atoms with Crippen molar-refractivity contribution in [3.05, 3.63) is 121 Å². The van der Waals surface area contributed by atoms with Crippen molar-refractivity contribution in [3.63, 3.8) is 0 Å². The molecular formula is C44H40N6. The van der Waals surface area contributed by atoms with Gasteiger partial charge in [-0.15, -0.1) is 0 Å². The van der Waals surface area contributed by atoms with E-state index in [9.17, 15) is 0 Å². The molecule has 0 aliphatic heterocycles. The molecule has 0 unspecified atom stereocenters. The molecule has 0 N–H and O–H groups in total. The van der Waals surface area contributed by atoms with E-state index in [0.29, 0.717) is 11.8 Å². The third-order valence-electron chi connectivity index (χ3n) is 11.6. The second-order valence-electron chi connectivity index (χ2n) is 14.4. The van der Waals surface area contributed by atoms with Crippen LogP contribution < -0.4 is 0 Å². The van der Waals surface area contributed by atoms with Crippen LogP contribution in [0.25, 0.3) is 66.6 Å². The van der Waals surface area contributed by atoms with E-state index in [2.05, 4.69) is 104 Å². The second-order valence-corrected chi connectivity index (χ2v) is 14.4. The summed E-state index contributed by atoms with van der Waals surface area (Å²) in [6.07, 6.45) is 20.4. The number of hydrogen-bond donors (Lipinski definition) is 0. The fourth-order valence-corrected chi connectivity index (χ4v) is 9.25. The maximum Gasteiger partial charge on any atom is 0.164 e. The molecule has 6 nitrogen and oxygen atoms in total. The van der Waals surface area contributed by atoms with Crippen LogP contribution in [-0.4, -0.2) is 29.1 Å². The quantitative estimate of drug-likeness (QED) is 0.186. The molecule has 246 valence electrons. The second kappa shape index (κ2) is 12.2. The van der Waals surface area contributed by atoms with Gasteiger partial charge in [0.25, 0.3) is 0 Å². The normalized spacial score (nSPS) is 16.2. The summed E-state index contributed by atoms with van der Waals surface area (Å²) in [6.45, 7) is 0. The lowest BCUT2D eigenvalue weighted by Crippen LogP contribution is -2.13. The molecule has 0 radical (unpaired) electrons. The highest BCUT2D eigenvalue weighted by Gasteiger charge is 2.28. The zero-order valence-electron chi connectivity index (χ0n) is 28.3. The van der Waals surface area contributed by atoms with Crippen LogP contribution in [-0.2, 0) is 0 Å². The maximum atomic E-state index is 5.62. The van der Waals surface area contributed by atoms with Crippen molar-refractivity contribution in [3.8, 4) is 23.0 Å². The fraction of sp³-hybridized carbons (Fsp3) is 0.273. The molecule has 2 fully saturated rings. The number of pyridine rings is 2. The summed E-state index contributed by atoms with van der Waals surface area (Å²) in [7, 11) is 0. The topological polar surface area (TPSA) is 61.4 Å². The highest BCUT2D eigenvalue weighted by Crippen LogP contribution is 2.45. The Morgan fingerprint density at radius 3 is 1.42 bits per heavy atom. The molecule has 2 aliphatic rings. The molecule has 3 aromatic carbocycles. The van der Waals surface area contributed by atoms with Crippen molar-refractivity contribution >= 4 is 43.6 Å². The van der Waals surface area contributed by atoms with Gasteiger partial charge in [-0.1, -0.05) is 93.1 Å². The Labute approximate surface area is 291 Å². The predicted molar refractivity (Wildman–Crippen MR) is 203 cm³/mol. The van der Waals surface area contributed by atoms with Gasteiger partial charge in [-0.3, -0.25) is 19.1 Å². The van der Waals surface area contributed by atoms with Gasteiger partial charge in [0, 0.05) is 45.6 Å². The first-order chi connectivity index (χ1) is 24.8. The van der Waals surface area contributed by atoms with Crippen LogP contribution in [0.2, 0.25) is 0 Å². The van der Waals surface area contributed by atoms with Crippen LogP contribution in [0.5, 0.6) is 0 Å². The molecular weight excluding hydrogens is 613 g/mol. The minimum absolute atomic E-state index is 0.521. The number of fused-ring (bicyclic) bond motifs is 6. The van der Waals surface area contributed by atoms with E-state index >= 15 is 0 Å². The van der Waals surface area contributed by atoms with Gasteiger partial charge in [0.15, 0.2) is 5.82 Å². The van der Waals surface area contributed by atoms with Gasteiger partial charge in [-0.25, -0.2) is 9.97 Å². The number of para-hydroxylation sites is 2. The molecule has 5 heterocycles. The van der Waals surface area contributed by atoms with E-state index in [0.717, 1.165) is 39.5 Å². The first-order valence-electron chi connectivity index (χ1n) is 18.5. The number of aromatic nitrogens is 6. The van der Waals surface area contributed by atoms with Gasteiger partial charge >= 0.3 is 0 Å². The van der Waals surface area contributed by atoms with E-state index in [-0.39, 0.29) is 0 Å². The zero-order chi connectivity index (χ0) is 33.0. The molecule has 0 bridgehead atoms. The van der Waals surface area contributed by atoms with Crippen molar-refractivity contribution < 1.29 is 0 Å². The molecule has 0 amide bonds. The minimum Gasteiger partial charge on any atom is -0.292 e. The monoisotopic (exact) mass is 652 g/mol. The lowest BCUT2D eigenvalue weighted by atomic mass is 9.76. The number of hydrogen-bond acceptors (Lipinski definition) is 4. The first-order valence-corrected chi connectivity index (χ1v) is 18.5. The summed E-state index contributed by atoms with van der Waals surface area (Å²) < 4.78 is 4.59. The summed E-state index contributed by atoms with van der Waals surface area (Å²) in [5.41, 5.74) is 8.45. The average molecular weight is 653 g/mol. The van der Waals surface area contributed by atoms with Crippen LogP contribution in [0.15, 0.2) is 110 Å². The molecule has 0 atom stereocenters. The molecule has 6 heteroatoms. The molecule has 0 saturated heterocycles. The number of benzene rings is 3. The molecule has 0 spiro atoms. The van der Waals surface area contributed by atoms with E-state index in [1.54, 1.807) is 0 Å². The zero-order valence-corrected chi connectivity index (χ0v) is 28.3. The van der Waals surface area contributed by atoms with E-state index < -0.39 is 0 Å². The Balaban J connectivity index is 1.32. The SMILES string of the molecule is c1cc(C2CCCCC2)c(-c2nc(-n3c4ccccc4c4ccncc43)cc(-n3c4ccccc4c4ccncc43)n2)c(C2CCCCC2)c1.